The summed E-state index contributed by atoms with van der Waals surface area (Å²) in [4.78, 5) is 13.4. The predicted octanol–water partition coefficient (Wildman–Crippen LogP) is 1.26. The highest BCUT2D eigenvalue weighted by molar-refractivity contribution is 5.71. The van der Waals surface area contributed by atoms with E-state index in [1.165, 1.54) is 20.0 Å². The van der Waals surface area contributed by atoms with Crippen molar-refractivity contribution in [1.29, 1.82) is 0 Å². The number of ether oxygens (including phenoxy) is 1. The van der Waals surface area contributed by atoms with Crippen molar-refractivity contribution >= 4 is 5.97 Å². The van der Waals surface area contributed by atoms with Crippen LogP contribution in [0.15, 0.2) is 0 Å². The molecule has 0 aromatic carbocycles. The quantitative estimate of drug-likeness (QED) is 0.712. The Labute approximate surface area is 105 Å². The molecule has 0 bridgehead atoms. The maximum Gasteiger partial charge on any atom is 0.319 e. The van der Waals surface area contributed by atoms with E-state index in [2.05, 4.69) is 24.1 Å². The first-order chi connectivity index (χ1) is 8.11. The van der Waals surface area contributed by atoms with Crippen molar-refractivity contribution in [3.63, 3.8) is 0 Å². The number of likely N-dealkylation sites (tertiary alicyclic amines) is 1. The second kappa shape index (κ2) is 7.67. The fourth-order valence-corrected chi connectivity index (χ4v) is 2.19. The summed E-state index contributed by atoms with van der Waals surface area (Å²) in [6, 6.07) is 0.534. The number of rotatable bonds is 6. The fraction of sp³-hybridized carbons (Fsp3) is 0.923. The van der Waals surface area contributed by atoms with Gasteiger partial charge in [-0.25, -0.2) is 0 Å². The minimum Gasteiger partial charge on any atom is -0.468 e. The van der Waals surface area contributed by atoms with Gasteiger partial charge < -0.3 is 10.1 Å². The monoisotopic (exact) mass is 242 g/mol. The van der Waals surface area contributed by atoms with Crippen LogP contribution in [-0.2, 0) is 9.53 Å². The van der Waals surface area contributed by atoms with Crippen molar-refractivity contribution in [3.8, 4) is 0 Å². The summed E-state index contributed by atoms with van der Waals surface area (Å²) >= 11 is 0. The van der Waals surface area contributed by atoms with E-state index in [0.717, 1.165) is 32.0 Å². The molecule has 0 amide bonds. The molecule has 1 aliphatic rings. The molecular formula is C13H26N2O2. The third-order valence-corrected chi connectivity index (χ3v) is 3.24. The van der Waals surface area contributed by atoms with Crippen LogP contribution in [0.1, 0.15) is 33.1 Å². The van der Waals surface area contributed by atoms with Crippen molar-refractivity contribution in [3.05, 3.63) is 0 Å². The second-order valence-corrected chi connectivity index (χ2v) is 5.29. The zero-order valence-electron chi connectivity index (χ0n) is 11.4. The number of esters is 1. The van der Waals surface area contributed by atoms with Gasteiger partial charge in [-0.1, -0.05) is 13.8 Å². The van der Waals surface area contributed by atoms with Gasteiger partial charge in [-0.05, 0) is 38.3 Å². The van der Waals surface area contributed by atoms with Crippen LogP contribution < -0.4 is 5.32 Å². The molecule has 0 saturated carbocycles. The Morgan fingerprint density at radius 3 is 2.94 bits per heavy atom. The Bertz CT molecular complexity index is 231. The number of methoxy groups -OCH3 is 1. The van der Waals surface area contributed by atoms with Crippen LogP contribution in [0, 0.1) is 5.92 Å². The molecule has 1 rings (SSSR count). The first-order valence-corrected chi connectivity index (χ1v) is 6.64. The van der Waals surface area contributed by atoms with Crippen LogP contribution >= 0.6 is 0 Å². The van der Waals surface area contributed by atoms with Crippen molar-refractivity contribution in [2.45, 2.75) is 39.2 Å². The molecular weight excluding hydrogens is 216 g/mol. The summed E-state index contributed by atoms with van der Waals surface area (Å²) in [5.41, 5.74) is 0. The van der Waals surface area contributed by atoms with Gasteiger partial charge in [-0.3, -0.25) is 9.69 Å². The summed E-state index contributed by atoms with van der Waals surface area (Å²) in [7, 11) is 1.45. The molecule has 1 saturated heterocycles. The van der Waals surface area contributed by atoms with Crippen LogP contribution in [0.3, 0.4) is 0 Å². The lowest BCUT2D eigenvalue weighted by Gasteiger charge is -2.32. The molecule has 0 aromatic heterocycles. The Morgan fingerprint density at radius 1 is 1.53 bits per heavy atom. The maximum absolute atomic E-state index is 11.2. The molecule has 1 heterocycles. The van der Waals surface area contributed by atoms with Crippen molar-refractivity contribution in [2.24, 2.45) is 5.92 Å². The Hall–Kier alpha value is -0.610. The lowest BCUT2D eigenvalue weighted by Crippen LogP contribution is -2.47. The molecule has 4 heteroatoms. The van der Waals surface area contributed by atoms with E-state index in [4.69, 9.17) is 4.74 Å². The van der Waals surface area contributed by atoms with Crippen LogP contribution in [0.2, 0.25) is 0 Å². The highest BCUT2D eigenvalue weighted by Crippen LogP contribution is 2.10. The highest BCUT2D eigenvalue weighted by Gasteiger charge is 2.21. The van der Waals surface area contributed by atoms with Gasteiger partial charge >= 0.3 is 5.97 Å². The molecule has 100 valence electrons. The van der Waals surface area contributed by atoms with E-state index in [0.29, 0.717) is 12.6 Å². The average molecular weight is 242 g/mol. The number of nitrogens with one attached hydrogen (secondary N) is 1. The number of nitrogens with zero attached hydrogens (tertiary/aromatic N) is 1. The van der Waals surface area contributed by atoms with Crippen LogP contribution in [0.5, 0.6) is 0 Å². The zero-order chi connectivity index (χ0) is 12.7. The van der Waals surface area contributed by atoms with Crippen molar-refractivity contribution in [2.75, 3.05) is 33.3 Å². The Morgan fingerprint density at radius 2 is 2.29 bits per heavy atom. The number of carbonyl (C=O) groups excluding carboxylic acids is 1. The molecule has 1 unspecified atom stereocenters. The van der Waals surface area contributed by atoms with E-state index in [-0.39, 0.29) is 5.97 Å². The summed E-state index contributed by atoms with van der Waals surface area (Å²) in [6.07, 6.45) is 3.60. The second-order valence-electron chi connectivity index (χ2n) is 5.29. The molecule has 1 atom stereocenters. The van der Waals surface area contributed by atoms with Gasteiger partial charge in [0.15, 0.2) is 0 Å². The highest BCUT2D eigenvalue weighted by atomic mass is 16.5. The van der Waals surface area contributed by atoms with Crippen LogP contribution in [0.25, 0.3) is 0 Å². The van der Waals surface area contributed by atoms with Gasteiger partial charge in [0.05, 0.1) is 13.7 Å². The van der Waals surface area contributed by atoms with E-state index < -0.39 is 0 Å². The lowest BCUT2D eigenvalue weighted by atomic mass is 10.0. The minimum atomic E-state index is -0.132. The van der Waals surface area contributed by atoms with Gasteiger partial charge in [-0.2, -0.15) is 0 Å². The normalized spacial score (nSPS) is 21.8. The van der Waals surface area contributed by atoms with E-state index >= 15 is 0 Å². The van der Waals surface area contributed by atoms with Gasteiger partial charge in [0.2, 0.25) is 0 Å². The molecule has 17 heavy (non-hydrogen) atoms. The molecule has 0 radical (unpaired) electrons. The number of piperidine rings is 1. The first kappa shape index (κ1) is 14.5. The topological polar surface area (TPSA) is 41.6 Å². The van der Waals surface area contributed by atoms with Gasteiger partial charge in [0, 0.05) is 12.6 Å². The van der Waals surface area contributed by atoms with E-state index in [1.54, 1.807) is 0 Å². The molecule has 4 nitrogen and oxygen atoms in total. The van der Waals surface area contributed by atoms with Crippen molar-refractivity contribution in [1.82, 2.24) is 10.2 Å². The largest absolute Gasteiger partial charge is 0.468 e. The molecule has 0 spiro atoms. The maximum atomic E-state index is 11.2. The first-order valence-electron chi connectivity index (χ1n) is 6.64. The molecule has 0 aliphatic carbocycles. The summed E-state index contributed by atoms with van der Waals surface area (Å²) in [5, 5.41) is 3.58. The SMILES string of the molecule is COC(=O)CN1CCCC(NCCC(C)C)C1. The van der Waals surface area contributed by atoms with Crippen LogP contribution in [0.4, 0.5) is 0 Å². The standard InChI is InChI=1S/C13H26N2O2/c1-11(2)6-7-14-12-5-4-8-15(9-12)10-13(16)17-3/h11-12,14H,4-10H2,1-3H3. The minimum absolute atomic E-state index is 0.132. The van der Waals surface area contributed by atoms with E-state index in [9.17, 15) is 4.79 Å². The molecule has 1 aliphatic heterocycles. The van der Waals surface area contributed by atoms with Gasteiger partial charge in [0.1, 0.15) is 0 Å². The van der Waals surface area contributed by atoms with Gasteiger partial charge in [0.25, 0.3) is 0 Å². The fourth-order valence-electron chi connectivity index (χ4n) is 2.19. The zero-order valence-corrected chi connectivity index (χ0v) is 11.4. The number of hydrogen-bond acceptors (Lipinski definition) is 4. The number of carbonyl (C=O) groups is 1. The average Bonchev–Trinajstić information content (AvgIpc) is 2.29. The van der Waals surface area contributed by atoms with E-state index in [1.807, 2.05) is 0 Å². The third kappa shape index (κ3) is 6.03. The third-order valence-electron chi connectivity index (χ3n) is 3.24. The molecule has 1 fully saturated rings. The van der Waals surface area contributed by atoms with Crippen LogP contribution in [-0.4, -0.2) is 50.2 Å². The smallest absolute Gasteiger partial charge is 0.319 e. The number of hydrogen-bond donors (Lipinski definition) is 1. The Balaban J connectivity index is 2.21. The van der Waals surface area contributed by atoms with Gasteiger partial charge in [-0.15, -0.1) is 0 Å². The molecule has 0 aromatic rings. The van der Waals surface area contributed by atoms with Crippen molar-refractivity contribution < 1.29 is 9.53 Å². The molecule has 1 N–H and O–H groups in total. The summed E-state index contributed by atoms with van der Waals surface area (Å²) in [6.45, 7) is 7.97. The Kier molecular flexibility index (Phi) is 6.52. The predicted molar refractivity (Wildman–Crippen MR) is 68.9 cm³/mol. The summed E-state index contributed by atoms with van der Waals surface area (Å²) < 4.78 is 4.70. The lowest BCUT2D eigenvalue weighted by molar-refractivity contribution is -0.142. The summed E-state index contributed by atoms with van der Waals surface area (Å²) in [5.74, 6) is 0.616.